The molecule has 84 valence electrons. The number of nitrogens with zero attached hydrogens (tertiary/aromatic N) is 1. The summed E-state index contributed by atoms with van der Waals surface area (Å²) in [7, 11) is 1.87. The van der Waals surface area contributed by atoms with Crippen LogP contribution in [0.3, 0.4) is 0 Å². The highest BCUT2D eigenvalue weighted by atomic mass is 16.5. The van der Waals surface area contributed by atoms with Gasteiger partial charge in [0.1, 0.15) is 5.82 Å². The summed E-state index contributed by atoms with van der Waals surface area (Å²) in [4.78, 5) is 4.15. The number of rotatable bonds is 6. The van der Waals surface area contributed by atoms with Crippen molar-refractivity contribution in [2.75, 3.05) is 19.0 Å². The second kappa shape index (κ2) is 6.40. The third kappa shape index (κ3) is 4.79. The van der Waals surface area contributed by atoms with Crippen molar-refractivity contribution in [2.45, 2.75) is 26.9 Å². The number of anilines is 1. The molecule has 1 N–H and O–H groups in total. The van der Waals surface area contributed by atoms with E-state index in [-0.39, 0.29) is 0 Å². The molecule has 0 fully saturated rings. The third-order valence-electron chi connectivity index (χ3n) is 2.19. The Morgan fingerprint density at radius 3 is 2.93 bits per heavy atom. The maximum Gasteiger partial charge on any atom is 0.125 e. The van der Waals surface area contributed by atoms with E-state index in [1.54, 1.807) is 6.20 Å². The summed E-state index contributed by atoms with van der Waals surface area (Å²) in [6, 6.07) is 3.99. The number of nitrogens with one attached hydrogen (secondary N) is 1. The van der Waals surface area contributed by atoms with Crippen molar-refractivity contribution >= 4 is 5.82 Å². The van der Waals surface area contributed by atoms with Crippen molar-refractivity contribution < 1.29 is 4.74 Å². The van der Waals surface area contributed by atoms with Crippen molar-refractivity contribution in [3.05, 3.63) is 23.9 Å². The highest BCUT2D eigenvalue weighted by Gasteiger charge is 1.97. The molecule has 15 heavy (non-hydrogen) atoms. The second-order valence-corrected chi connectivity index (χ2v) is 4.03. The lowest BCUT2D eigenvalue weighted by Crippen LogP contribution is -2.00. The van der Waals surface area contributed by atoms with E-state index in [2.05, 4.69) is 24.1 Å². The van der Waals surface area contributed by atoms with E-state index in [1.807, 2.05) is 19.2 Å². The number of ether oxygens (including phenoxy) is 1. The van der Waals surface area contributed by atoms with Gasteiger partial charge in [0.2, 0.25) is 0 Å². The van der Waals surface area contributed by atoms with Crippen LogP contribution < -0.4 is 5.32 Å². The van der Waals surface area contributed by atoms with Crippen LogP contribution in [0.25, 0.3) is 0 Å². The monoisotopic (exact) mass is 208 g/mol. The van der Waals surface area contributed by atoms with Gasteiger partial charge in [-0.2, -0.15) is 0 Å². The summed E-state index contributed by atoms with van der Waals surface area (Å²) in [6.07, 6.45) is 2.91. The maximum absolute atomic E-state index is 5.57. The Morgan fingerprint density at radius 2 is 2.27 bits per heavy atom. The van der Waals surface area contributed by atoms with E-state index in [9.17, 15) is 0 Å². The normalized spacial score (nSPS) is 10.7. The van der Waals surface area contributed by atoms with Gasteiger partial charge in [-0.15, -0.1) is 0 Å². The zero-order valence-electron chi connectivity index (χ0n) is 9.79. The molecule has 0 saturated heterocycles. The fraction of sp³-hybridized carbons (Fsp3) is 0.583. The second-order valence-electron chi connectivity index (χ2n) is 4.03. The van der Waals surface area contributed by atoms with Crippen LogP contribution in [-0.2, 0) is 11.3 Å². The van der Waals surface area contributed by atoms with Crippen LogP contribution in [-0.4, -0.2) is 18.6 Å². The first-order valence-corrected chi connectivity index (χ1v) is 5.43. The average Bonchev–Trinajstić information content (AvgIpc) is 2.24. The van der Waals surface area contributed by atoms with Gasteiger partial charge >= 0.3 is 0 Å². The van der Waals surface area contributed by atoms with Crippen LogP contribution >= 0.6 is 0 Å². The van der Waals surface area contributed by atoms with Crippen LogP contribution in [0.5, 0.6) is 0 Å². The summed E-state index contributed by atoms with van der Waals surface area (Å²) in [6.45, 7) is 5.91. The Hall–Kier alpha value is -1.09. The molecule has 0 aliphatic heterocycles. The van der Waals surface area contributed by atoms with Gasteiger partial charge in [0.15, 0.2) is 0 Å². The molecule has 0 aliphatic rings. The fourth-order valence-corrected chi connectivity index (χ4v) is 1.21. The zero-order valence-corrected chi connectivity index (χ0v) is 9.79. The Balaban J connectivity index is 2.30. The Morgan fingerprint density at radius 1 is 1.47 bits per heavy atom. The molecule has 0 saturated carbocycles. The topological polar surface area (TPSA) is 34.1 Å². The molecule has 0 unspecified atom stereocenters. The SMILES string of the molecule is CNc1cc(COCCC(C)C)ccn1. The van der Waals surface area contributed by atoms with Crippen molar-refractivity contribution in [1.29, 1.82) is 0 Å². The minimum Gasteiger partial charge on any atom is -0.377 e. The maximum atomic E-state index is 5.57. The van der Waals surface area contributed by atoms with Crippen molar-refractivity contribution in [2.24, 2.45) is 5.92 Å². The summed E-state index contributed by atoms with van der Waals surface area (Å²) in [5.74, 6) is 1.59. The van der Waals surface area contributed by atoms with Crippen LogP contribution in [0.15, 0.2) is 18.3 Å². The van der Waals surface area contributed by atoms with Gasteiger partial charge < -0.3 is 10.1 Å². The third-order valence-corrected chi connectivity index (χ3v) is 2.19. The molecule has 3 nitrogen and oxygen atoms in total. The first-order valence-electron chi connectivity index (χ1n) is 5.43. The highest BCUT2D eigenvalue weighted by Crippen LogP contribution is 2.08. The minimum atomic E-state index is 0.671. The molecule has 1 aromatic heterocycles. The molecule has 0 aliphatic carbocycles. The standard InChI is InChI=1S/C12H20N2O/c1-10(2)5-7-15-9-11-4-6-14-12(8-11)13-3/h4,6,8,10H,5,7,9H2,1-3H3,(H,13,14). The van der Waals surface area contributed by atoms with Crippen molar-refractivity contribution in [3.63, 3.8) is 0 Å². The van der Waals surface area contributed by atoms with E-state index < -0.39 is 0 Å². The molecule has 0 radical (unpaired) electrons. The van der Waals surface area contributed by atoms with E-state index in [4.69, 9.17) is 4.74 Å². The van der Waals surface area contributed by atoms with Gasteiger partial charge in [0, 0.05) is 19.9 Å². The fourth-order valence-electron chi connectivity index (χ4n) is 1.21. The molecule has 0 atom stereocenters. The zero-order chi connectivity index (χ0) is 11.1. The Kier molecular flexibility index (Phi) is 5.12. The molecule has 0 spiro atoms. The Bertz CT molecular complexity index is 287. The number of hydrogen-bond acceptors (Lipinski definition) is 3. The van der Waals surface area contributed by atoms with E-state index >= 15 is 0 Å². The minimum absolute atomic E-state index is 0.671. The van der Waals surface area contributed by atoms with E-state index in [0.717, 1.165) is 24.4 Å². The first kappa shape index (κ1) is 12.0. The van der Waals surface area contributed by atoms with Gasteiger partial charge in [0.25, 0.3) is 0 Å². The molecule has 3 heteroatoms. The van der Waals surface area contributed by atoms with Crippen LogP contribution in [0, 0.1) is 5.92 Å². The first-order chi connectivity index (χ1) is 7.22. The van der Waals surface area contributed by atoms with Crippen LogP contribution in [0.1, 0.15) is 25.8 Å². The predicted molar refractivity (Wildman–Crippen MR) is 62.9 cm³/mol. The predicted octanol–water partition coefficient (Wildman–Crippen LogP) is 2.69. The van der Waals surface area contributed by atoms with Gasteiger partial charge in [-0.05, 0) is 30.0 Å². The number of hydrogen-bond donors (Lipinski definition) is 1. The van der Waals surface area contributed by atoms with Gasteiger partial charge in [-0.25, -0.2) is 4.98 Å². The van der Waals surface area contributed by atoms with Crippen LogP contribution in [0.2, 0.25) is 0 Å². The van der Waals surface area contributed by atoms with Crippen molar-refractivity contribution in [3.8, 4) is 0 Å². The van der Waals surface area contributed by atoms with Gasteiger partial charge in [0.05, 0.1) is 6.61 Å². The molecule has 1 heterocycles. The molecular formula is C12H20N2O. The highest BCUT2D eigenvalue weighted by molar-refractivity contribution is 5.36. The van der Waals surface area contributed by atoms with Crippen molar-refractivity contribution in [1.82, 2.24) is 4.98 Å². The molecule has 0 bridgehead atoms. The Labute approximate surface area is 91.9 Å². The quantitative estimate of drug-likeness (QED) is 0.730. The van der Waals surface area contributed by atoms with E-state index in [0.29, 0.717) is 12.5 Å². The molecule has 0 amide bonds. The summed E-state index contributed by atoms with van der Waals surface area (Å²) in [5, 5.41) is 3.01. The number of pyridine rings is 1. The largest absolute Gasteiger partial charge is 0.377 e. The van der Waals surface area contributed by atoms with E-state index in [1.165, 1.54) is 0 Å². The summed E-state index contributed by atoms with van der Waals surface area (Å²) < 4.78 is 5.57. The lowest BCUT2D eigenvalue weighted by atomic mass is 10.1. The molecule has 1 aromatic rings. The summed E-state index contributed by atoms with van der Waals surface area (Å²) >= 11 is 0. The lowest BCUT2D eigenvalue weighted by Gasteiger charge is -2.07. The number of aromatic nitrogens is 1. The average molecular weight is 208 g/mol. The summed E-state index contributed by atoms with van der Waals surface area (Å²) in [5.41, 5.74) is 1.16. The van der Waals surface area contributed by atoms with Crippen LogP contribution in [0.4, 0.5) is 5.82 Å². The lowest BCUT2D eigenvalue weighted by molar-refractivity contribution is 0.110. The molecular weight excluding hydrogens is 188 g/mol. The molecule has 0 aromatic carbocycles. The van der Waals surface area contributed by atoms with Gasteiger partial charge in [-0.1, -0.05) is 13.8 Å². The van der Waals surface area contributed by atoms with Gasteiger partial charge in [-0.3, -0.25) is 0 Å². The molecule has 1 rings (SSSR count). The smallest absolute Gasteiger partial charge is 0.125 e.